The second-order valence-electron chi connectivity index (χ2n) is 3.63. The standard InChI is InChI=1S/C10H13N3O2/c1-2-8-12-7(10(14)15)5-9(13-8)11-6-3-4-6/h5-6H,2-4H2,1H3,(H,14,15)(H,11,12,13). The van der Waals surface area contributed by atoms with Crippen molar-refractivity contribution in [3.63, 3.8) is 0 Å². The maximum Gasteiger partial charge on any atom is 0.354 e. The minimum absolute atomic E-state index is 0.0602. The lowest BCUT2D eigenvalue weighted by atomic mass is 10.3. The van der Waals surface area contributed by atoms with Gasteiger partial charge in [-0.15, -0.1) is 0 Å². The highest BCUT2D eigenvalue weighted by Crippen LogP contribution is 2.23. The molecular formula is C10H13N3O2. The Hall–Kier alpha value is -1.65. The number of carboxylic acid groups (broad SMARTS) is 1. The molecule has 0 bridgehead atoms. The van der Waals surface area contributed by atoms with E-state index in [0.717, 1.165) is 12.8 Å². The van der Waals surface area contributed by atoms with Gasteiger partial charge in [0.1, 0.15) is 11.6 Å². The molecular weight excluding hydrogens is 194 g/mol. The third-order valence-corrected chi connectivity index (χ3v) is 2.24. The minimum Gasteiger partial charge on any atom is -0.477 e. The number of carboxylic acids is 1. The Kier molecular flexibility index (Phi) is 2.53. The number of hydrogen-bond donors (Lipinski definition) is 2. The van der Waals surface area contributed by atoms with Crippen LogP contribution in [0.4, 0.5) is 5.82 Å². The van der Waals surface area contributed by atoms with Gasteiger partial charge in [-0.05, 0) is 12.8 Å². The summed E-state index contributed by atoms with van der Waals surface area (Å²) in [5.74, 6) is 0.186. The largest absolute Gasteiger partial charge is 0.477 e. The number of hydrogen-bond acceptors (Lipinski definition) is 4. The van der Waals surface area contributed by atoms with E-state index in [1.54, 1.807) is 0 Å². The Labute approximate surface area is 87.6 Å². The quantitative estimate of drug-likeness (QED) is 0.778. The van der Waals surface area contributed by atoms with E-state index in [1.807, 2.05) is 6.92 Å². The first-order valence-electron chi connectivity index (χ1n) is 5.07. The lowest BCUT2D eigenvalue weighted by molar-refractivity contribution is 0.0690. The maximum absolute atomic E-state index is 10.8. The summed E-state index contributed by atoms with van der Waals surface area (Å²) < 4.78 is 0. The van der Waals surface area contributed by atoms with Gasteiger partial charge in [0.2, 0.25) is 0 Å². The van der Waals surface area contributed by atoms with Crippen molar-refractivity contribution in [1.29, 1.82) is 0 Å². The first-order valence-corrected chi connectivity index (χ1v) is 5.07. The molecule has 5 heteroatoms. The summed E-state index contributed by atoms with van der Waals surface area (Å²) in [6.07, 6.45) is 2.90. The molecule has 1 aliphatic rings. The molecule has 0 aromatic carbocycles. The third-order valence-electron chi connectivity index (χ3n) is 2.24. The number of aryl methyl sites for hydroxylation is 1. The first kappa shape index (κ1) is 9.89. The van der Waals surface area contributed by atoms with Crippen molar-refractivity contribution in [2.45, 2.75) is 32.2 Å². The van der Waals surface area contributed by atoms with Crippen molar-refractivity contribution in [3.8, 4) is 0 Å². The normalized spacial score (nSPS) is 15.0. The predicted octanol–water partition coefficient (Wildman–Crippen LogP) is 1.31. The first-order chi connectivity index (χ1) is 7.19. The van der Waals surface area contributed by atoms with E-state index in [1.165, 1.54) is 6.07 Å². The molecule has 0 atom stereocenters. The van der Waals surface area contributed by atoms with Gasteiger partial charge in [-0.3, -0.25) is 0 Å². The second kappa shape index (κ2) is 3.84. The Balaban J connectivity index is 2.27. The van der Waals surface area contributed by atoms with Crippen molar-refractivity contribution in [2.24, 2.45) is 0 Å². The van der Waals surface area contributed by atoms with Crippen molar-refractivity contribution < 1.29 is 9.90 Å². The number of anilines is 1. The molecule has 2 rings (SSSR count). The van der Waals surface area contributed by atoms with Crippen molar-refractivity contribution >= 4 is 11.8 Å². The van der Waals surface area contributed by atoms with E-state index >= 15 is 0 Å². The van der Waals surface area contributed by atoms with Crippen LogP contribution in [-0.4, -0.2) is 27.1 Å². The smallest absolute Gasteiger partial charge is 0.354 e. The summed E-state index contributed by atoms with van der Waals surface area (Å²) in [7, 11) is 0. The number of aromatic carboxylic acids is 1. The predicted molar refractivity (Wildman–Crippen MR) is 55.0 cm³/mol. The van der Waals surface area contributed by atoms with Gasteiger partial charge in [-0.25, -0.2) is 14.8 Å². The van der Waals surface area contributed by atoms with E-state index in [4.69, 9.17) is 5.11 Å². The fourth-order valence-corrected chi connectivity index (χ4v) is 1.28. The average molecular weight is 207 g/mol. The third kappa shape index (κ3) is 2.43. The van der Waals surface area contributed by atoms with Crippen LogP contribution < -0.4 is 5.32 Å². The number of rotatable bonds is 4. The Bertz CT molecular complexity index is 388. The highest BCUT2D eigenvalue weighted by molar-refractivity contribution is 5.86. The van der Waals surface area contributed by atoms with Crippen LogP contribution in [0.2, 0.25) is 0 Å². The Morgan fingerprint density at radius 3 is 2.87 bits per heavy atom. The van der Waals surface area contributed by atoms with Gasteiger partial charge in [0.05, 0.1) is 0 Å². The molecule has 5 nitrogen and oxygen atoms in total. The van der Waals surface area contributed by atoms with Crippen LogP contribution in [0.1, 0.15) is 36.1 Å². The van der Waals surface area contributed by atoms with Crippen LogP contribution in [0.15, 0.2) is 6.07 Å². The van der Waals surface area contributed by atoms with Gasteiger partial charge in [-0.1, -0.05) is 6.92 Å². The highest BCUT2D eigenvalue weighted by Gasteiger charge is 2.22. The molecule has 1 saturated carbocycles. The summed E-state index contributed by atoms with van der Waals surface area (Å²) in [6, 6.07) is 1.95. The van der Waals surface area contributed by atoms with Crippen molar-refractivity contribution in [1.82, 2.24) is 9.97 Å². The fourth-order valence-electron chi connectivity index (χ4n) is 1.28. The molecule has 15 heavy (non-hydrogen) atoms. The van der Waals surface area contributed by atoms with Gasteiger partial charge in [0.25, 0.3) is 0 Å². The van der Waals surface area contributed by atoms with Gasteiger partial charge in [-0.2, -0.15) is 0 Å². The molecule has 0 amide bonds. The molecule has 0 aliphatic heterocycles. The summed E-state index contributed by atoms with van der Waals surface area (Å²) >= 11 is 0. The second-order valence-corrected chi connectivity index (χ2v) is 3.63. The van der Waals surface area contributed by atoms with Crippen LogP contribution >= 0.6 is 0 Å². The lowest BCUT2D eigenvalue weighted by Gasteiger charge is -2.06. The monoisotopic (exact) mass is 207 g/mol. The average Bonchev–Trinajstić information content (AvgIpc) is 3.01. The molecule has 0 unspecified atom stereocenters. The van der Waals surface area contributed by atoms with Gasteiger partial charge >= 0.3 is 5.97 Å². The lowest BCUT2D eigenvalue weighted by Crippen LogP contribution is -2.10. The topological polar surface area (TPSA) is 75.1 Å². The molecule has 0 spiro atoms. The van der Waals surface area contributed by atoms with Gasteiger partial charge < -0.3 is 10.4 Å². The zero-order chi connectivity index (χ0) is 10.8. The molecule has 0 radical (unpaired) electrons. The zero-order valence-corrected chi connectivity index (χ0v) is 8.53. The van der Waals surface area contributed by atoms with Crippen LogP contribution in [0.25, 0.3) is 0 Å². The summed E-state index contributed by atoms with van der Waals surface area (Å²) in [5, 5.41) is 12.0. The fraction of sp³-hybridized carbons (Fsp3) is 0.500. The Morgan fingerprint density at radius 1 is 1.60 bits per heavy atom. The van der Waals surface area contributed by atoms with Gasteiger partial charge in [0, 0.05) is 18.5 Å². The molecule has 1 aromatic rings. The highest BCUT2D eigenvalue weighted by atomic mass is 16.4. The molecule has 2 N–H and O–H groups in total. The zero-order valence-electron chi connectivity index (χ0n) is 8.53. The van der Waals surface area contributed by atoms with Crippen LogP contribution in [0.5, 0.6) is 0 Å². The van der Waals surface area contributed by atoms with E-state index < -0.39 is 5.97 Å². The number of nitrogens with one attached hydrogen (secondary N) is 1. The van der Waals surface area contributed by atoms with E-state index in [2.05, 4.69) is 15.3 Å². The number of carbonyl (C=O) groups is 1. The summed E-state index contributed by atoms with van der Waals surface area (Å²) in [5.41, 5.74) is 0.0602. The number of nitrogens with zero attached hydrogens (tertiary/aromatic N) is 2. The Morgan fingerprint density at radius 2 is 2.33 bits per heavy atom. The van der Waals surface area contributed by atoms with Gasteiger partial charge in [0.15, 0.2) is 5.69 Å². The minimum atomic E-state index is -1.01. The molecule has 80 valence electrons. The molecule has 1 heterocycles. The molecule has 1 aliphatic carbocycles. The van der Waals surface area contributed by atoms with E-state index in [9.17, 15) is 4.79 Å². The van der Waals surface area contributed by atoms with E-state index in [0.29, 0.717) is 24.1 Å². The number of aromatic nitrogens is 2. The summed E-state index contributed by atoms with van der Waals surface area (Å²) in [4.78, 5) is 19.0. The van der Waals surface area contributed by atoms with E-state index in [-0.39, 0.29) is 5.69 Å². The molecule has 0 saturated heterocycles. The maximum atomic E-state index is 10.8. The molecule has 1 fully saturated rings. The van der Waals surface area contributed by atoms with Crippen LogP contribution in [-0.2, 0) is 6.42 Å². The SMILES string of the molecule is CCc1nc(NC2CC2)cc(C(=O)O)n1. The van der Waals surface area contributed by atoms with Crippen molar-refractivity contribution in [3.05, 3.63) is 17.6 Å². The summed E-state index contributed by atoms with van der Waals surface area (Å²) in [6.45, 7) is 1.90. The van der Waals surface area contributed by atoms with Crippen LogP contribution in [0, 0.1) is 0 Å². The molecule has 1 aromatic heterocycles. The van der Waals surface area contributed by atoms with Crippen LogP contribution in [0.3, 0.4) is 0 Å². The van der Waals surface area contributed by atoms with Crippen molar-refractivity contribution in [2.75, 3.05) is 5.32 Å².